The number of unbranched alkanes of at least 4 members (excludes halogenated alkanes) is 2. The number of hydrogen-bond donors (Lipinski definition) is 3. The zero-order chi connectivity index (χ0) is 39.4. The normalized spacial score (nSPS) is 19.6. The predicted octanol–water partition coefficient (Wildman–Crippen LogP) is 3.10. The smallest absolute Gasteiger partial charge is 0.262 e. The summed E-state index contributed by atoms with van der Waals surface area (Å²) in [5.41, 5.74) is 2.33. The Labute approximate surface area is 325 Å². The molecule has 2 unspecified atom stereocenters. The highest BCUT2D eigenvalue weighted by atomic mass is 16.5. The van der Waals surface area contributed by atoms with Crippen LogP contribution in [0.15, 0.2) is 66.7 Å². The van der Waals surface area contributed by atoms with Crippen molar-refractivity contribution in [2.45, 2.75) is 62.4 Å². The lowest BCUT2D eigenvalue weighted by atomic mass is 9.94. The molecular weight excluding hydrogens is 716 g/mol. The van der Waals surface area contributed by atoms with E-state index < -0.39 is 41.1 Å². The maximum atomic E-state index is 13.6. The van der Waals surface area contributed by atoms with Gasteiger partial charge in [-0.3, -0.25) is 43.9 Å². The van der Waals surface area contributed by atoms with Crippen LogP contribution < -0.4 is 30.3 Å². The highest BCUT2D eigenvalue weighted by Gasteiger charge is 2.52. The summed E-state index contributed by atoms with van der Waals surface area (Å²) >= 11 is 0. The Balaban J connectivity index is 0.843. The van der Waals surface area contributed by atoms with Crippen LogP contribution in [0.25, 0.3) is 0 Å². The van der Waals surface area contributed by atoms with E-state index in [1.807, 2.05) is 54.6 Å². The minimum absolute atomic E-state index is 0.0842. The number of likely N-dealkylation sites (N-methyl/N-ethyl adjacent to an activating group) is 1. The molecule has 0 radical (unpaired) electrons. The van der Waals surface area contributed by atoms with E-state index in [9.17, 15) is 28.8 Å². The van der Waals surface area contributed by atoms with Gasteiger partial charge >= 0.3 is 0 Å². The first-order valence-corrected chi connectivity index (χ1v) is 19.3. The molecule has 0 aromatic heterocycles. The van der Waals surface area contributed by atoms with Crippen molar-refractivity contribution in [2.75, 3.05) is 58.4 Å². The third-order valence-corrected chi connectivity index (χ3v) is 11.4. The molecule has 6 amide bonds. The number of nitrogens with zero attached hydrogens (tertiary/aromatic N) is 3. The number of rotatable bonds is 15. The highest BCUT2D eigenvalue weighted by molar-refractivity contribution is 6.23. The standard InChI is InChI=1S/C42H48N6O8/c1-43-38(51)36(45-41(54)42(17-18-42)28-9-12-30(55-2)13-10-28)27-7-6-8-31(25-27)56-24-5-3-4-19-46-20-22-47(23-21-46)29-11-14-32-33(26-29)40(53)48(39(32)52)34-15-16-35(49)44-37(34)50/h6-14,25-26,34,36H,3-5,15-24H2,1-2H3,(H,43,51)(H,45,54)(H,44,49,50). The molecule has 0 bridgehead atoms. The van der Waals surface area contributed by atoms with E-state index in [1.54, 1.807) is 26.3 Å². The minimum atomic E-state index is -0.981. The lowest BCUT2D eigenvalue weighted by Gasteiger charge is -2.36. The Bertz CT molecular complexity index is 2010. The lowest BCUT2D eigenvalue weighted by Crippen LogP contribution is -2.54. The first kappa shape index (κ1) is 38.5. The molecule has 3 fully saturated rings. The quantitative estimate of drug-likeness (QED) is 0.155. The maximum absolute atomic E-state index is 13.6. The molecular formula is C42H48N6O8. The number of amides is 6. The van der Waals surface area contributed by atoms with Crippen LogP contribution in [0.2, 0.25) is 0 Å². The van der Waals surface area contributed by atoms with Gasteiger partial charge < -0.3 is 25.0 Å². The number of hydrogen-bond acceptors (Lipinski definition) is 10. The molecule has 2 atom stereocenters. The van der Waals surface area contributed by atoms with E-state index in [0.29, 0.717) is 36.3 Å². The average molecular weight is 765 g/mol. The molecule has 14 nitrogen and oxygen atoms in total. The summed E-state index contributed by atoms with van der Waals surface area (Å²) in [6, 6.07) is 18.2. The summed E-state index contributed by atoms with van der Waals surface area (Å²) in [6.07, 6.45) is 4.49. The summed E-state index contributed by atoms with van der Waals surface area (Å²) in [5, 5.41) is 7.92. The van der Waals surface area contributed by atoms with E-state index in [1.165, 1.54) is 0 Å². The van der Waals surface area contributed by atoms with Crippen LogP contribution in [0.1, 0.15) is 82.8 Å². The van der Waals surface area contributed by atoms with Gasteiger partial charge in [0.25, 0.3) is 11.8 Å². The van der Waals surface area contributed by atoms with Crippen LogP contribution in [0, 0.1) is 0 Å². The van der Waals surface area contributed by atoms with Crippen LogP contribution in [0.4, 0.5) is 5.69 Å². The van der Waals surface area contributed by atoms with Crippen LogP contribution >= 0.6 is 0 Å². The highest BCUT2D eigenvalue weighted by Crippen LogP contribution is 2.49. The maximum Gasteiger partial charge on any atom is 0.262 e. The van der Waals surface area contributed by atoms with Gasteiger partial charge in [0, 0.05) is 45.3 Å². The molecule has 3 aromatic carbocycles. The Morgan fingerprint density at radius 2 is 1.62 bits per heavy atom. The monoisotopic (exact) mass is 764 g/mol. The first-order valence-electron chi connectivity index (χ1n) is 19.3. The van der Waals surface area contributed by atoms with Crippen molar-refractivity contribution in [1.82, 2.24) is 25.8 Å². The zero-order valence-corrected chi connectivity index (χ0v) is 31.8. The fourth-order valence-electron chi connectivity index (χ4n) is 7.87. The van der Waals surface area contributed by atoms with E-state index >= 15 is 0 Å². The Hall–Kier alpha value is -5.76. The van der Waals surface area contributed by atoms with Gasteiger partial charge in [-0.2, -0.15) is 0 Å². The molecule has 294 valence electrons. The summed E-state index contributed by atoms with van der Waals surface area (Å²) in [7, 11) is 3.16. The number of imide groups is 2. The molecule has 56 heavy (non-hydrogen) atoms. The third kappa shape index (κ3) is 7.97. The number of fused-ring (bicyclic) bond motifs is 1. The molecule has 4 aliphatic rings. The summed E-state index contributed by atoms with van der Waals surface area (Å²) < 4.78 is 11.3. The van der Waals surface area contributed by atoms with Gasteiger partial charge in [-0.05, 0) is 98.7 Å². The van der Waals surface area contributed by atoms with Gasteiger partial charge in [0.05, 0.1) is 30.3 Å². The van der Waals surface area contributed by atoms with Gasteiger partial charge in [-0.25, -0.2) is 0 Å². The van der Waals surface area contributed by atoms with Crippen molar-refractivity contribution in [3.8, 4) is 11.5 Å². The van der Waals surface area contributed by atoms with Gasteiger partial charge in [0.1, 0.15) is 23.6 Å². The van der Waals surface area contributed by atoms with Gasteiger partial charge in [-0.15, -0.1) is 0 Å². The number of carbonyl (C=O) groups is 6. The molecule has 7 rings (SSSR count). The number of piperidine rings is 1. The number of methoxy groups -OCH3 is 1. The number of piperazine rings is 1. The number of carbonyl (C=O) groups excluding carboxylic acids is 6. The molecule has 3 heterocycles. The second kappa shape index (κ2) is 16.5. The number of benzene rings is 3. The van der Waals surface area contributed by atoms with Gasteiger partial charge in [0.15, 0.2) is 0 Å². The number of ether oxygens (including phenoxy) is 2. The van der Waals surface area contributed by atoms with Crippen LogP contribution in [0.3, 0.4) is 0 Å². The van der Waals surface area contributed by atoms with E-state index in [2.05, 4.69) is 25.8 Å². The van der Waals surface area contributed by atoms with Crippen molar-refractivity contribution in [3.05, 3.63) is 89.0 Å². The molecule has 1 saturated carbocycles. The second-order valence-corrected chi connectivity index (χ2v) is 14.8. The molecule has 3 N–H and O–H groups in total. The van der Waals surface area contributed by atoms with Crippen molar-refractivity contribution >= 4 is 41.1 Å². The Kier molecular flexibility index (Phi) is 11.4. The molecule has 2 saturated heterocycles. The fraction of sp³-hybridized carbons (Fsp3) is 0.429. The molecule has 3 aliphatic heterocycles. The van der Waals surface area contributed by atoms with Gasteiger partial charge in [-0.1, -0.05) is 24.3 Å². The topological polar surface area (TPSA) is 167 Å². The Morgan fingerprint density at radius 3 is 2.32 bits per heavy atom. The summed E-state index contributed by atoms with van der Waals surface area (Å²) in [5.74, 6) is -1.14. The van der Waals surface area contributed by atoms with Crippen molar-refractivity contribution in [3.63, 3.8) is 0 Å². The third-order valence-electron chi connectivity index (χ3n) is 11.4. The largest absolute Gasteiger partial charge is 0.497 e. The minimum Gasteiger partial charge on any atom is -0.497 e. The van der Waals surface area contributed by atoms with Crippen LogP contribution in [-0.2, 0) is 24.6 Å². The summed E-state index contributed by atoms with van der Waals surface area (Å²) in [4.78, 5) is 82.5. The van der Waals surface area contributed by atoms with E-state index in [-0.39, 0.29) is 30.2 Å². The zero-order valence-electron chi connectivity index (χ0n) is 31.8. The van der Waals surface area contributed by atoms with Crippen molar-refractivity contribution in [2.24, 2.45) is 0 Å². The lowest BCUT2D eigenvalue weighted by molar-refractivity contribution is -0.136. The SMILES string of the molecule is CNC(=O)C(NC(=O)C1(c2ccc(OC)cc2)CC1)c1cccc(OCCCCCN2CCN(c3ccc4c(c3)C(=O)N(C3CCC(=O)NC3=O)C4=O)CC2)c1. The van der Waals surface area contributed by atoms with Crippen LogP contribution in [0.5, 0.6) is 11.5 Å². The molecule has 14 heteroatoms. The molecule has 3 aromatic rings. The molecule has 1 aliphatic carbocycles. The summed E-state index contributed by atoms with van der Waals surface area (Å²) in [6.45, 7) is 4.75. The average Bonchev–Trinajstić information content (AvgIpc) is 4.00. The van der Waals surface area contributed by atoms with Crippen LogP contribution in [-0.4, -0.2) is 105 Å². The number of nitrogens with one attached hydrogen (secondary N) is 3. The fourth-order valence-corrected chi connectivity index (χ4v) is 7.87. The van der Waals surface area contributed by atoms with Crippen molar-refractivity contribution < 1.29 is 38.2 Å². The van der Waals surface area contributed by atoms with Gasteiger partial charge in [0.2, 0.25) is 23.6 Å². The Morgan fingerprint density at radius 1 is 0.875 bits per heavy atom. The van der Waals surface area contributed by atoms with E-state index in [4.69, 9.17) is 9.47 Å². The first-order chi connectivity index (χ1) is 27.1. The predicted molar refractivity (Wildman–Crippen MR) is 206 cm³/mol. The van der Waals surface area contributed by atoms with E-state index in [0.717, 1.165) is 73.9 Å². The second-order valence-electron chi connectivity index (χ2n) is 14.8. The molecule has 0 spiro atoms. The number of anilines is 1. The van der Waals surface area contributed by atoms with Crippen molar-refractivity contribution in [1.29, 1.82) is 0 Å².